The van der Waals surface area contributed by atoms with Crippen LogP contribution in [0.3, 0.4) is 0 Å². The minimum atomic E-state index is -1.62. The highest BCUT2D eigenvalue weighted by molar-refractivity contribution is 5.81. The predicted molar refractivity (Wildman–Crippen MR) is 324 cm³/mol. The van der Waals surface area contributed by atoms with Crippen molar-refractivity contribution in [3.63, 3.8) is 0 Å². The van der Waals surface area contributed by atoms with Crippen molar-refractivity contribution < 1.29 is 49.3 Å². The normalized spacial score (nSPS) is 19.1. The molecule has 1 heterocycles. The first kappa shape index (κ1) is 73.9. The maximum absolute atomic E-state index is 13.3. The molecule has 0 aliphatic carbocycles. The van der Waals surface area contributed by atoms with Gasteiger partial charge in [-0.05, 0) is 38.5 Å². The Morgan fingerprint density at radius 2 is 0.885 bits per heavy atom. The van der Waals surface area contributed by atoms with E-state index < -0.39 is 67.4 Å². The number of esters is 1. The van der Waals surface area contributed by atoms with Crippen LogP contribution in [0.1, 0.15) is 316 Å². The smallest absolute Gasteiger partial charge is 0.306 e. The van der Waals surface area contributed by atoms with Crippen molar-refractivity contribution in [1.82, 2.24) is 5.32 Å². The SMILES string of the molecule is CCCCCCCC/C=C\C/C=C/CC(O)C(=O)NC(COC1OC(CO)C(O)C(O)C1OC(=O)CCCCCCCCCCCCCCCCCCCCCCCCCCC)C(O)/C=C/CCCCCCCCCCCC. The average molecular weight is 1100 g/mol. The Labute approximate surface area is 479 Å². The zero-order chi connectivity index (χ0) is 56.8. The lowest BCUT2D eigenvalue weighted by molar-refractivity contribution is -0.305. The Hall–Kier alpha value is -2.12. The van der Waals surface area contributed by atoms with E-state index in [4.69, 9.17) is 14.2 Å². The second kappa shape index (κ2) is 55.4. The zero-order valence-corrected chi connectivity index (χ0v) is 50.8. The topological polar surface area (TPSA) is 175 Å². The molecule has 0 aromatic heterocycles. The fourth-order valence-corrected chi connectivity index (χ4v) is 10.5. The molecular formula is C67H125NO10. The Kier molecular flexibility index (Phi) is 52.5. The highest BCUT2D eigenvalue weighted by atomic mass is 16.7. The Bertz CT molecular complexity index is 1410. The van der Waals surface area contributed by atoms with E-state index in [2.05, 4.69) is 38.2 Å². The largest absolute Gasteiger partial charge is 0.454 e. The number of hydrogen-bond acceptors (Lipinski definition) is 10. The second-order valence-electron chi connectivity index (χ2n) is 23.2. The number of nitrogens with one attached hydrogen (secondary N) is 1. The van der Waals surface area contributed by atoms with Gasteiger partial charge in [-0.25, -0.2) is 0 Å². The summed E-state index contributed by atoms with van der Waals surface area (Å²) in [6.45, 7) is 5.77. The molecule has 1 fully saturated rings. The summed E-state index contributed by atoms with van der Waals surface area (Å²) in [7, 11) is 0. The van der Waals surface area contributed by atoms with Gasteiger partial charge in [-0.3, -0.25) is 9.59 Å². The summed E-state index contributed by atoms with van der Waals surface area (Å²) in [6, 6.07) is -1.05. The molecule has 1 aliphatic rings. The molecule has 0 aromatic rings. The van der Waals surface area contributed by atoms with Crippen LogP contribution < -0.4 is 5.32 Å². The summed E-state index contributed by atoms with van der Waals surface area (Å²) in [4.78, 5) is 26.5. The van der Waals surface area contributed by atoms with Gasteiger partial charge in [0, 0.05) is 12.8 Å². The van der Waals surface area contributed by atoms with Crippen LogP contribution in [-0.2, 0) is 23.8 Å². The molecule has 8 atom stereocenters. The average Bonchev–Trinajstić information content (AvgIpc) is 3.45. The second-order valence-corrected chi connectivity index (χ2v) is 23.2. The van der Waals surface area contributed by atoms with E-state index in [0.29, 0.717) is 12.8 Å². The first-order valence-electron chi connectivity index (χ1n) is 33.3. The number of unbranched alkanes of at least 4 members (excludes halogenated alkanes) is 40. The maximum Gasteiger partial charge on any atom is 0.306 e. The maximum atomic E-state index is 13.3. The lowest BCUT2D eigenvalue weighted by Gasteiger charge is -2.41. The summed E-state index contributed by atoms with van der Waals surface area (Å²) in [5.74, 6) is -1.25. The summed E-state index contributed by atoms with van der Waals surface area (Å²) < 4.78 is 17.6. The Morgan fingerprint density at radius 3 is 1.31 bits per heavy atom. The van der Waals surface area contributed by atoms with Gasteiger partial charge in [0.1, 0.15) is 24.4 Å². The van der Waals surface area contributed by atoms with Crippen LogP contribution in [-0.4, -0.2) is 99.6 Å². The third kappa shape index (κ3) is 42.7. The summed E-state index contributed by atoms with van der Waals surface area (Å²) in [6.07, 6.45) is 56.6. The molecule has 1 rings (SSSR count). The van der Waals surface area contributed by atoms with Crippen LogP contribution in [0.5, 0.6) is 0 Å². The molecule has 0 bridgehead atoms. The lowest BCUT2D eigenvalue weighted by atomic mass is 9.99. The van der Waals surface area contributed by atoms with E-state index in [-0.39, 0.29) is 19.4 Å². The Balaban J connectivity index is 2.56. The molecular weight excluding hydrogens is 979 g/mol. The van der Waals surface area contributed by atoms with Crippen LogP contribution in [0.2, 0.25) is 0 Å². The van der Waals surface area contributed by atoms with Gasteiger partial charge in [-0.15, -0.1) is 0 Å². The molecule has 6 N–H and O–H groups in total. The van der Waals surface area contributed by atoms with Gasteiger partial charge in [-0.2, -0.15) is 0 Å². The number of carbonyl (C=O) groups excluding carboxylic acids is 2. The quantitative estimate of drug-likeness (QED) is 0.0195. The van der Waals surface area contributed by atoms with E-state index in [1.807, 2.05) is 12.2 Å². The third-order valence-corrected chi connectivity index (χ3v) is 15.8. The number of aliphatic hydroxyl groups is 5. The molecule has 78 heavy (non-hydrogen) atoms. The van der Waals surface area contributed by atoms with Crippen molar-refractivity contribution in [2.75, 3.05) is 13.2 Å². The van der Waals surface area contributed by atoms with E-state index >= 15 is 0 Å². The molecule has 0 saturated carbocycles. The highest BCUT2D eigenvalue weighted by Gasteiger charge is 2.47. The van der Waals surface area contributed by atoms with Crippen molar-refractivity contribution in [2.45, 2.75) is 365 Å². The fraction of sp³-hybridized carbons (Fsp3) is 0.881. The number of ether oxygens (including phenoxy) is 3. The molecule has 458 valence electrons. The van der Waals surface area contributed by atoms with Crippen molar-refractivity contribution in [3.8, 4) is 0 Å². The van der Waals surface area contributed by atoms with E-state index in [1.165, 1.54) is 225 Å². The third-order valence-electron chi connectivity index (χ3n) is 15.8. The Morgan fingerprint density at radius 1 is 0.500 bits per heavy atom. The molecule has 0 aromatic carbocycles. The summed E-state index contributed by atoms with van der Waals surface area (Å²) in [5, 5.41) is 56.9. The lowest BCUT2D eigenvalue weighted by Crippen LogP contribution is -2.61. The van der Waals surface area contributed by atoms with Gasteiger partial charge in [0.25, 0.3) is 0 Å². The van der Waals surface area contributed by atoms with E-state index in [9.17, 15) is 35.1 Å². The first-order chi connectivity index (χ1) is 38.2. The zero-order valence-electron chi connectivity index (χ0n) is 50.8. The molecule has 0 spiro atoms. The van der Waals surface area contributed by atoms with Crippen molar-refractivity contribution in [3.05, 3.63) is 36.5 Å². The number of carbonyl (C=O) groups is 2. The summed E-state index contributed by atoms with van der Waals surface area (Å²) >= 11 is 0. The molecule has 1 saturated heterocycles. The van der Waals surface area contributed by atoms with Crippen molar-refractivity contribution in [1.29, 1.82) is 0 Å². The number of amides is 1. The molecule has 8 unspecified atom stereocenters. The predicted octanol–water partition coefficient (Wildman–Crippen LogP) is 16.2. The van der Waals surface area contributed by atoms with Crippen LogP contribution in [0.25, 0.3) is 0 Å². The van der Waals surface area contributed by atoms with Crippen LogP contribution in [0.4, 0.5) is 0 Å². The highest BCUT2D eigenvalue weighted by Crippen LogP contribution is 2.26. The number of rotatable bonds is 57. The van der Waals surface area contributed by atoms with Gasteiger partial charge in [-0.1, -0.05) is 301 Å². The monoisotopic (exact) mass is 1100 g/mol. The summed E-state index contributed by atoms with van der Waals surface area (Å²) in [5.41, 5.74) is 0. The number of aliphatic hydroxyl groups excluding tert-OH is 5. The van der Waals surface area contributed by atoms with E-state index in [1.54, 1.807) is 12.2 Å². The molecule has 11 nitrogen and oxygen atoms in total. The molecule has 11 heteroatoms. The number of hydrogen-bond donors (Lipinski definition) is 6. The van der Waals surface area contributed by atoms with Gasteiger partial charge in [0.05, 0.1) is 25.4 Å². The van der Waals surface area contributed by atoms with Gasteiger partial charge < -0.3 is 45.1 Å². The fourth-order valence-electron chi connectivity index (χ4n) is 10.5. The van der Waals surface area contributed by atoms with Crippen molar-refractivity contribution >= 4 is 11.9 Å². The minimum Gasteiger partial charge on any atom is -0.454 e. The standard InChI is InChI=1S/C67H125NO10/c1-4-7-10-13-16-19-22-25-26-27-28-29-30-31-32-33-34-35-36-37-40-43-46-49-52-55-62(72)78-65-64(74)63(73)61(56-69)77-67(65)76-57-58(59(70)53-50-47-44-41-38-23-20-17-14-11-8-5-2)68-66(75)60(71)54-51-48-45-42-39-24-21-18-15-12-9-6-3/h39,42,48,50-51,53,58-61,63-65,67,69-71,73-74H,4-38,40-41,43-47,49,52,54-57H2,1-3H3,(H,68,75)/b42-39-,51-48+,53-50+. The van der Waals surface area contributed by atoms with Crippen LogP contribution >= 0.6 is 0 Å². The van der Waals surface area contributed by atoms with Gasteiger partial charge >= 0.3 is 5.97 Å². The van der Waals surface area contributed by atoms with Gasteiger partial charge in [0.2, 0.25) is 5.91 Å². The molecule has 1 amide bonds. The van der Waals surface area contributed by atoms with Crippen LogP contribution in [0, 0.1) is 0 Å². The van der Waals surface area contributed by atoms with Crippen molar-refractivity contribution in [2.24, 2.45) is 0 Å². The van der Waals surface area contributed by atoms with Gasteiger partial charge in [0.15, 0.2) is 12.4 Å². The first-order valence-corrected chi connectivity index (χ1v) is 33.3. The molecule has 0 radical (unpaired) electrons. The molecule has 1 aliphatic heterocycles. The number of allylic oxidation sites excluding steroid dienone is 4. The van der Waals surface area contributed by atoms with Crippen LogP contribution in [0.15, 0.2) is 36.5 Å². The van der Waals surface area contributed by atoms with E-state index in [0.717, 1.165) is 44.9 Å². The minimum absolute atomic E-state index is 0.0844.